The molecule has 0 spiro atoms. The van der Waals surface area contributed by atoms with Crippen LogP contribution in [0.2, 0.25) is 0 Å². The van der Waals surface area contributed by atoms with Crippen LogP contribution in [0.1, 0.15) is 11.4 Å². The van der Waals surface area contributed by atoms with Crippen molar-refractivity contribution < 1.29 is 36.9 Å². The molecule has 0 aliphatic rings. The molecule has 0 bridgehead atoms. The highest BCUT2D eigenvalue weighted by molar-refractivity contribution is 5.72. The Morgan fingerprint density at radius 1 is 1.42 bits per heavy atom. The van der Waals surface area contributed by atoms with Crippen LogP contribution in [0, 0.1) is 0 Å². The normalized spacial score (nSPS) is 11.2. The third-order valence-corrected chi connectivity index (χ3v) is 2.01. The summed E-state index contributed by atoms with van der Waals surface area (Å²) in [6.07, 6.45) is -5.54. The van der Waals surface area contributed by atoms with Crippen molar-refractivity contribution in [1.29, 1.82) is 0 Å². The summed E-state index contributed by atoms with van der Waals surface area (Å²) in [7, 11) is 1.08. The SMILES string of the molecule is COC(=O)Cc1nc(CF)c(OC(F)(F)F)cc1O. The number of methoxy groups -OCH3 is 1. The largest absolute Gasteiger partial charge is 0.573 e. The van der Waals surface area contributed by atoms with Gasteiger partial charge >= 0.3 is 12.3 Å². The predicted molar refractivity (Wildman–Crippen MR) is 53.1 cm³/mol. The van der Waals surface area contributed by atoms with Gasteiger partial charge in [0.2, 0.25) is 0 Å². The van der Waals surface area contributed by atoms with Crippen molar-refractivity contribution in [3.8, 4) is 11.5 Å². The second-order valence-electron chi connectivity index (χ2n) is 3.33. The maximum atomic E-state index is 12.6. The summed E-state index contributed by atoms with van der Waals surface area (Å²) in [5, 5.41) is 9.41. The monoisotopic (exact) mass is 283 g/mol. The average molecular weight is 283 g/mol. The maximum Gasteiger partial charge on any atom is 0.573 e. The van der Waals surface area contributed by atoms with E-state index in [2.05, 4.69) is 14.5 Å². The van der Waals surface area contributed by atoms with Crippen LogP contribution >= 0.6 is 0 Å². The topological polar surface area (TPSA) is 68.7 Å². The van der Waals surface area contributed by atoms with E-state index in [1.165, 1.54) is 0 Å². The second-order valence-corrected chi connectivity index (χ2v) is 3.33. The minimum absolute atomic E-state index is 0.297. The molecule has 9 heteroatoms. The van der Waals surface area contributed by atoms with Gasteiger partial charge < -0.3 is 14.6 Å². The quantitative estimate of drug-likeness (QED) is 0.675. The average Bonchev–Trinajstić information content (AvgIpc) is 2.30. The number of halogens is 4. The number of esters is 1. The zero-order chi connectivity index (χ0) is 14.6. The first-order valence-electron chi connectivity index (χ1n) is 4.87. The smallest absolute Gasteiger partial charge is 0.506 e. The molecule has 0 saturated carbocycles. The van der Waals surface area contributed by atoms with Gasteiger partial charge in [0.05, 0.1) is 19.2 Å². The number of rotatable bonds is 4. The summed E-state index contributed by atoms with van der Waals surface area (Å²) in [5.41, 5.74) is -0.969. The van der Waals surface area contributed by atoms with E-state index < -0.39 is 42.6 Å². The van der Waals surface area contributed by atoms with Crippen LogP contribution in [-0.2, 0) is 22.6 Å². The third-order valence-electron chi connectivity index (χ3n) is 2.01. The standard InChI is InChI=1S/C10H9F4NO4/c1-18-9(17)2-5-7(16)3-8(6(4-11)15-5)19-10(12,13)14/h3,16H,2,4H2,1H3. The van der Waals surface area contributed by atoms with E-state index >= 15 is 0 Å². The molecule has 0 fully saturated rings. The van der Waals surface area contributed by atoms with Gasteiger partial charge in [-0.3, -0.25) is 4.79 Å². The minimum Gasteiger partial charge on any atom is -0.506 e. The number of nitrogens with zero attached hydrogens (tertiary/aromatic N) is 1. The summed E-state index contributed by atoms with van der Waals surface area (Å²) in [6.45, 7) is -1.35. The predicted octanol–water partition coefficient (Wildman–Crippen LogP) is 1.87. The van der Waals surface area contributed by atoms with Crippen LogP contribution in [0.3, 0.4) is 0 Å². The number of hydrogen-bond donors (Lipinski definition) is 1. The number of carbonyl (C=O) groups is 1. The summed E-state index contributed by atoms with van der Waals surface area (Å²) in [6, 6.07) is 0.549. The Morgan fingerprint density at radius 3 is 2.53 bits per heavy atom. The Bertz CT molecular complexity index is 475. The van der Waals surface area contributed by atoms with Crippen LogP contribution in [0.5, 0.6) is 11.5 Å². The fourth-order valence-corrected chi connectivity index (χ4v) is 1.21. The molecule has 106 valence electrons. The van der Waals surface area contributed by atoms with Crippen molar-refractivity contribution in [3.63, 3.8) is 0 Å². The van der Waals surface area contributed by atoms with E-state index in [0.29, 0.717) is 6.07 Å². The first-order valence-corrected chi connectivity index (χ1v) is 4.87. The Hall–Kier alpha value is -2.06. The van der Waals surface area contributed by atoms with E-state index in [1.54, 1.807) is 0 Å². The molecule has 0 saturated heterocycles. The van der Waals surface area contributed by atoms with Gasteiger partial charge in [-0.25, -0.2) is 9.37 Å². The molecular weight excluding hydrogens is 274 g/mol. The molecule has 0 aromatic carbocycles. The summed E-state index contributed by atoms with van der Waals surface area (Å²) < 4.78 is 56.5. The Labute approximate surface area is 104 Å². The van der Waals surface area contributed by atoms with E-state index in [4.69, 9.17) is 0 Å². The molecule has 0 atom stereocenters. The Kier molecular flexibility index (Phi) is 4.52. The molecule has 19 heavy (non-hydrogen) atoms. The lowest BCUT2D eigenvalue weighted by atomic mass is 10.2. The van der Waals surface area contributed by atoms with Crippen LogP contribution in [0.4, 0.5) is 17.6 Å². The summed E-state index contributed by atoms with van der Waals surface area (Å²) in [5.74, 6) is -2.46. The van der Waals surface area contributed by atoms with Crippen molar-refractivity contribution in [2.45, 2.75) is 19.5 Å². The summed E-state index contributed by atoms with van der Waals surface area (Å²) in [4.78, 5) is 14.4. The second kappa shape index (κ2) is 5.72. The van der Waals surface area contributed by atoms with Crippen molar-refractivity contribution >= 4 is 5.97 Å². The van der Waals surface area contributed by atoms with Crippen LogP contribution < -0.4 is 4.74 Å². The van der Waals surface area contributed by atoms with Gasteiger partial charge in [0.25, 0.3) is 0 Å². The number of ether oxygens (including phenoxy) is 2. The van der Waals surface area contributed by atoms with Crippen LogP contribution in [-0.4, -0.2) is 29.5 Å². The van der Waals surface area contributed by atoms with Gasteiger partial charge in [0, 0.05) is 6.07 Å². The lowest BCUT2D eigenvalue weighted by Gasteiger charge is -2.13. The zero-order valence-electron chi connectivity index (χ0n) is 9.62. The molecule has 1 aromatic rings. The van der Waals surface area contributed by atoms with Crippen LogP contribution in [0.25, 0.3) is 0 Å². The van der Waals surface area contributed by atoms with Crippen molar-refractivity contribution in [1.82, 2.24) is 4.98 Å². The molecule has 0 aliphatic carbocycles. The Morgan fingerprint density at radius 2 is 2.05 bits per heavy atom. The number of aromatic hydroxyl groups is 1. The van der Waals surface area contributed by atoms with Crippen LogP contribution in [0.15, 0.2) is 6.07 Å². The number of hydrogen-bond acceptors (Lipinski definition) is 5. The molecular formula is C10H9F4NO4. The highest BCUT2D eigenvalue weighted by Crippen LogP contribution is 2.31. The maximum absolute atomic E-state index is 12.6. The zero-order valence-corrected chi connectivity index (χ0v) is 9.62. The van der Waals surface area contributed by atoms with Crippen molar-refractivity contribution in [2.24, 2.45) is 0 Å². The molecule has 0 unspecified atom stereocenters. The molecule has 1 N–H and O–H groups in total. The number of alkyl halides is 4. The fraction of sp³-hybridized carbons (Fsp3) is 0.400. The minimum atomic E-state index is -5.04. The van der Waals surface area contributed by atoms with Gasteiger partial charge in [-0.2, -0.15) is 0 Å². The molecule has 0 amide bonds. The molecule has 0 aliphatic heterocycles. The molecule has 0 radical (unpaired) electrons. The lowest BCUT2D eigenvalue weighted by Crippen LogP contribution is -2.19. The van der Waals surface area contributed by atoms with Gasteiger partial charge in [-0.05, 0) is 0 Å². The van der Waals surface area contributed by atoms with Gasteiger partial charge in [-0.1, -0.05) is 0 Å². The van der Waals surface area contributed by atoms with E-state index in [0.717, 1.165) is 7.11 Å². The van der Waals surface area contributed by atoms with Gasteiger partial charge in [0.1, 0.15) is 18.1 Å². The van der Waals surface area contributed by atoms with E-state index in [-0.39, 0.29) is 5.69 Å². The van der Waals surface area contributed by atoms with E-state index in [9.17, 15) is 27.5 Å². The number of pyridine rings is 1. The lowest BCUT2D eigenvalue weighted by molar-refractivity contribution is -0.275. The fourth-order valence-electron chi connectivity index (χ4n) is 1.21. The highest BCUT2D eigenvalue weighted by atomic mass is 19.4. The van der Waals surface area contributed by atoms with Gasteiger partial charge in [-0.15, -0.1) is 13.2 Å². The molecule has 1 aromatic heterocycles. The van der Waals surface area contributed by atoms with E-state index in [1.807, 2.05) is 0 Å². The molecule has 1 rings (SSSR count). The van der Waals surface area contributed by atoms with Gasteiger partial charge in [0.15, 0.2) is 5.75 Å². The number of aromatic nitrogens is 1. The first kappa shape index (κ1) is 15.0. The first-order chi connectivity index (χ1) is 8.76. The van der Waals surface area contributed by atoms with Crippen molar-refractivity contribution in [2.75, 3.05) is 7.11 Å². The molecule has 1 heterocycles. The highest BCUT2D eigenvalue weighted by Gasteiger charge is 2.33. The third kappa shape index (κ3) is 4.27. The van der Waals surface area contributed by atoms with Crippen molar-refractivity contribution in [3.05, 3.63) is 17.5 Å². The molecule has 5 nitrogen and oxygen atoms in total. The number of carbonyl (C=O) groups excluding carboxylic acids is 1. The summed E-state index contributed by atoms with van der Waals surface area (Å²) >= 11 is 0. The Balaban J connectivity index is 3.10.